The first kappa shape index (κ1) is 20.8. The molecule has 4 rings (SSSR count). The van der Waals surface area contributed by atoms with Gasteiger partial charge in [-0.05, 0) is 53.0 Å². The highest BCUT2D eigenvalue weighted by Gasteiger charge is 2.42. The molecule has 0 aromatic heterocycles. The van der Waals surface area contributed by atoms with E-state index in [1.54, 1.807) is 6.07 Å². The van der Waals surface area contributed by atoms with Gasteiger partial charge in [-0.1, -0.05) is 93.9 Å². The van der Waals surface area contributed by atoms with E-state index in [0.29, 0.717) is 5.41 Å². The molecule has 1 aliphatic carbocycles. The highest BCUT2D eigenvalue weighted by Crippen LogP contribution is 2.50. The van der Waals surface area contributed by atoms with Gasteiger partial charge < -0.3 is 0 Å². The van der Waals surface area contributed by atoms with Crippen LogP contribution in [-0.4, -0.2) is 8.80 Å². The molecule has 1 saturated carbocycles. The SMILES string of the molecule is CCC[SiH]1CCC(C2(c3ccc(-c4ccc(F)c(F)c4)cc3)CCCCC2)CC1. The second-order valence-electron chi connectivity index (χ2n) is 9.43. The predicted octanol–water partition coefficient (Wildman–Crippen LogP) is 7.88. The van der Waals surface area contributed by atoms with E-state index in [-0.39, 0.29) is 0 Å². The summed E-state index contributed by atoms with van der Waals surface area (Å²) >= 11 is 0. The van der Waals surface area contributed by atoms with Crippen molar-refractivity contribution >= 4 is 8.80 Å². The topological polar surface area (TPSA) is 0 Å². The van der Waals surface area contributed by atoms with Crippen LogP contribution in [0.2, 0.25) is 18.1 Å². The average molecular weight is 413 g/mol. The summed E-state index contributed by atoms with van der Waals surface area (Å²) in [5, 5.41) is 0. The van der Waals surface area contributed by atoms with Gasteiger partial charge >= 0.3 is 0 Å². The zero-order valence-corrected chi connectivity index (χ0v) is 18.9. The van der Waals surface area contributed by atoms with Crippen LogP contribution in [-0.2, 0) is 5.41 Å². The van der Waals surface area contributed by atoms with E-state index in [4.69, 9.17) is 0 Å². The van der Waals surface area contributed by atoms with Crippen LogP contribution in [0.4, 0.5) is 8.78 Å². The van der Waals surface area contributed by atoms with Crippen molar-refractivity contribution < 1.29 is 8.78 Å². The number of rotatable bonds is 5. The van der Waals surface area contributed by atoms with Gasteiger partial charge in [-0.15, -0.1) is 0 Å². The van der Waals surface area contributed by atoms with Crippen molar-refractivity contribution in [3.63, 3.8) is 0 Å². The lowest BCUT2D eigenvalue weighted by Gasteiger charge is -2.47. The third-order valence-electron chi connectivity index (χ3n) is 7.78. The standard InChI is InChI=1S/C26H34F2Si/c1-2-16-29-17-12-23(13-18-29)26(14-4-3-5-15-26)22-9-6-20(7-10-22)21-8-11-24(27)25(28)19-21/h6-11,19,23,29H,2-5,12-18H2,1H3. The van der Waals surface area contributed by atoms with E-state index >= 15 is 0 Å². The molecule has 1 aliphatic heterocycles. The van der Waals surface area contributed by atoms with E-state index in [0.717, 1.165) is 17.0 Å². The number of hydrogen-bond acceptors (Lipinski definition) is 0. The molecule has 1 heterocycles. The molecule has 29 heavy (non-hydrogen) atoms. The van der Waals surface area contributed by atoms with Crippen molar-refractivity contribution in [2.24, 2.45) is 5.92 Å². The normalized spacial score (nSPS) is 24.4. The van der Waals surface area contributed by atoms with Crippen LogP contribution in [0.1, 0.15) is 63.9 Å². The molecule has 0 nitrogen and oxygen atoms in total. The fraction of sp³-hybridized carbons (Fsp3) is 0.538. The maximum absolute atomic E-state index is 13.7. The molecule has 156 valence electrons. The van der Waals surface area contributed by atoms with Gasteiger partial charge in [-0.25, -0.2) is 8.78 Å². The van der Waals surface area contributed by atoms with Gasteiger partial charge in [0.25, 0.3) is 0 Å². The monoisotopic (exact) mass is 412 g/mol. The van der Waals surface area contributed by atoms with Crippen LogP contribution in [0.3, 0.4) is 0 Å². The Hall–Kier alpha value is -1.48. The average Bonchev–Trinajstić information content (AvgIpc) is 2.77. The Morgan fingerprint density at radius 1 is 0.862 bits per heavy atom. The third-order valence-corrected chi connectivity index (χ3v) is 11.5. The molecule has 3 heteroatoms. The lowest BCUT2D eigenvalue weighted by Crippen LogP contribution is -2.40. The third kappa shape index (κ3) is 4.35. The highest BCUT2D eigenvalue weighted by molar-refractivity contribution is 6.58. The summed E-state index contributed by atoms with van der Waals surface area (Å²) < 4.78 is 26.9. The molecule has 0 unspecified atom stereocenters. The maximum atomic E-state index is 13.7. The molecule has 0 amide bonds. The van der Waals surface area contributed by atoms with Crippen molar-refractivity contribution in [2.45, 2.75) is 81.8 Å². The van der Waals surface area contributed by atoms with Gasteiger partial charge in [-0.3, -0.25) is 0 Å². The molecule has 0 bridgehead atoms. The molecule has 0 N–H and O–H groups in total. The van der Waals surface area contributed by atoms with Crippen molar-refractivity contribution in [1.29, 1.82) is 0 Å². The Kier molecular flexibility index (Phi) is 6.53. The lowest BCUT2D eigenvalue weighted by molar-refractivity contribution is 0.174. The Balaban J connectivity index is 1.58. The number of halogens is 2. The minimum atomic E-state index is -0.784. The van der Waals surface area contributed by atoms with Gasteiger partial charge in [-0.2, -0.15) is 0 Å². The molecule has 2 aromatic rings. The van der Waals surface area contributed by atoms with Crippen LogP contribution in [0.25, 0.3) is 11.1 Å². The molecule has 2 aliphatic rings. The summed E-state index contributed by atoms with van der Waals surface area (Å²) in [6, 6.07) is 17.6. The maximum Gasteiger partial charge on any atom is 0.159 e. The fourth-order valence-corrected chi connectivity index (χ4v) is 9.63. The smallest absolute Gasteiger partial charge is 0.159 e. The van der Waals surface area contributed by atoms with E-state index in [9.17, 15) is 8.78 Å². The zero-order valence-electron chi connectivity index (χ0n) is 17.7. The van der Waals surface area contributed by atoms with E-state index in [2.05, 4.69) is 31.2 Å². The number of benzene rings is 2. The summed E-state index contributed by atoms with van der Waals surface area (Å²) in [5.41, 5.74) is 3.55. The van der Waals surface area contributed by atoms with Gasteiger partial charge in [0, 0.05) is 8.80 Å². The van der Waals surface area contributed by atoms with Crippen LogP contribution >= 0.6 is 0 Å². The van der Waals surface area contributed by atoms with Gasteiger partial charge in [0.05, 0.1) is 0 Å². The van der Waals surface area contributed by atoms with Crippen molar-refractivity contribution in [1.82, 2.24) is 0 Å². The Bertz CT molecular complexity index is 800. The summed E-state index contributed by atoms with van der Waals surface area (Å²) in [7, 11) is -0.468. The molecule has 2 fully saturated rings. The first-order valence-electron chi connectivity index (χ1n) is 11.7. The van der Waals surface area contributed by atoms with Crippen molar-refractivity contribution in [3.8, 4) is 11.1 Å². The van der Waals surface area contributed by atoms with E-state index in [1.807, 2.05) is 0 Å². The van der Waals surface area contributed by atoms with Gasteiger partial charge in [0.1, 0.15) is 0 Å². The highest BCUT2D eigenvalue weighted by atomic mass is 28.3. The number of hydrogen-bond donors (Lipinski definition) is 0. The second-order valence-corrected chi connectivity index (χ2v) is 12.9. The molecule has 0 atom stereocenters. The molecule has 2 aromatic carbocycles. The molecular formula is C26H34F2Si. The summed E-state index contributed by atoms with van der Waals surface area (Å²) in [6.07, 6.45) is 10.9. The van der Waals surface area contributed by atoms with Crippen LogP contribution in [0.15, 0.2) is 42.5 Å². The van der Waals surface area contributed by atoms with Crippen LogP contribution in [0.5, 0.6) is 0 Å². The zero-order chi connectivity index (χ0) is 20.3. The molecule has 0 spiro atoms. The Morgan fingerprint density at radius 3 is 2.14 bits per heavy atom. The Labute approximate surface area is 176 Å². The lowest BCUT2D eigenvalue weighted by atomic mass is 9.60. The second kappa shape index (κ2) is 9.12. The molecule has 0 radical (unpaired) electrons. The summed E-state index contributed by atoms with van der Waals surface area (Å²) in [4.78, 5) is 0. The fourth-order valence-electron chi connectivity index (χ4n) is 6.20. The molecular weight excluding hydrogens is 378 g/mol. The first-order valence-corrected chi connectivity index (χ1v) is 14.1. The van der Waals surface area contributed by atoms with E-state index < -0.39 is 20.4 Å². The first-order chi connectivity index (χ1) is 14.1. The van der Waals surface area contributed by atoms with Crippen LogP contribution < -0.4 is 0 Å². The summed E-state index contributed by atoms with van der Waals surface area (Å²) in [5.74, 6) is -0.727. The summed E-state index contributed by atoms with van der Waals surface area (Å²) in [6.45, 7) is 2.34. The van der Waals surface area contributed by atoms with Gasteiger partial charge in [0.15, 0.2) is 11.6 Å². The largest absolute Gasteiger partial charge is 0.204 e. The van der Waals surface area contributed by atoms with Crippen molar-refractivity contribution in [2.75, 3.05) is 0 Å². The Morgan fingerprint density at radius 2 is 1.52 bits per heavy atom. The predicted molar refractivity (Wildman–Crippen MR) is 121 cm³/mol. The van der Waals surface area contributed by atoms with Crippen LogP contribution in [0, 0.1) is 17.6 Å². The minimum absolute atomic E-state index is 0.344. The van der Waals surface area contributed by atoms with Gasteiger partial charge in [0.2, 0.25) is 0 Å². The van der Waals surface area contributed by atoms with E-state index in [1.165, 1.54) is 87.2 Å². The minimum Gasteiger partial charge on any atom is -0.204 e. The van der Waals surface area contributed by atoms with Crippen molar-refractivity contribution in [3.05, 3.63) is 59.7 Å². The molecule has 1 saturated heterocycles. The quantitative estimate of drug-likeness (QED) is 0.438.